The summed E-state index contributed by atoms with van der Waals surface area (Å²) in [7, 11) is -3.85. The summed E-state index contributed by atoms with van der Waals surface area (Å²) in [5.74, 6) is -0.724. The van der Waals surface area contributed by atoms with Gasteiger partial charge in [-0.1, -0.05) is 23.2 Å². The van der Waals surface area contributed by atoms with Gasteiger partial charge in [0.1, 0.15) is 4.90 Å². The molecule has 0 saturated heterocycles. The first-order chi connectivity index (χ1) is 8.79. The number of thioether (sulfide) groups is 1. The van der Waals surface area contributed by atoms with E-state index in [-0.39, 0.29) is 27.0 Å². The molecule has 0 aromatic heterocycles. The van der Waals surface area contributed by atoms with Gasteiger partial charge in [0.15, 0.2) is 0 Å². The molecular formula is C10H11Cl2NO4S2. The fourth-order valence-electron chi connectivity index (χ4n) is 1.25. The van der Waals surface area contributed by atoms with Crippen LogP contribution in [0.1, 0.15) is 10.4 Å². The second-order valence-electron chi connectivity index (χ2n) is 3.46. The van der Waals surface area contributed by atoms with Crippen LogP contribution in [0.25, 0.3) is 0 Å². The highest BCUT2D eigenvalue weighted by Crippen LogP contribution is 2.28. The maximum Gasteiger partial charge on any atom is 0.337 e. The van der Waals surface area contributed by atoms with Crippen LogP contribution in [0.3, 0.4) is 0 Å². The standard InChI is InChI=1S/C10H11Cl2NO4S2/c1-18-3-2-13-19(16,17)9-4-6(10(14)15)7(11)5-8(9)12/h4-5,13H,2-3H2,1H3,(H,14,15). The molecule has 5 nitrogen and oxygen atoms in total. The zero-order chi connectivity index (χ0) is 14.6. The summed E-state index contributed by atoms with van der Waals surface area (Å²) in [6.45, 7) is 0.227. The Kier molecular flexibility index (Phi) is 5.94. The molecule has 0 radical (unpaired) electrons. The van der Waals surface area contributed by atoms with Gasteiger partial charge < -0.3 is 5.11 Å². The van der Waals surface area contributed by atoms with E-state index in [9.17, 15) is 13.2 Å². The van der Waals surface area contributed by atoms with Crippen LogP contribution in [0.15, 0.2) is 17.0 Å². The highest BCUT2D eigenvalue weighted by Gasteiger charge is 2.21. The zero-order valence-electron chi connectivity index (χ0n) is 9.81. The van der Waals surface area contributed by atoms with Crippen molar-refractivity contribution in [1.82, 2.24) is 4.72 Å². The molecular weight excluding hydrogens is 333 g/mol. The fourth-order valence-corrected chi connectivity index (χ4v) is 3.57. The van der Waals surface area contributed by atoms with Gasteiger partial charge in [-0.2, -0.15) is 11.8 Å². The first kappa shape index (κ1) is 16.6. The molecule has 0 aliphatic rings. The average molecular weight is 344 g/mol. The van der Waals surface area contributed by atoms with Gasteiger partial charge in [-0.25, -0.2) is 17.9 Å². The molecule has 0 amide bonds. The third-order valence-electron chi connectivity index (χ3n) is 2.14. The number of rotatable bonds is 6. The van der Waals surface area contributed by atoms with E-state index < -0.39 is 16.0 Å². The van der Waals surface area contributed by atoms with E-state index in [0.29, 0.717) is 5.75 Å². The number of benzene rings is 1. The molecule has 0 aliphatic carbocycles. The third-order valence-corrected chi connectivity index (χ3v) is 4.99. The van der Waals surface area contributed by atoms with Crippen molar-refractivity contribution in [2.24, 2.45) is 0 Å². The van der Waals surface area contributed by atoms with Gasteiger partial charge in [0, 0.05) is 12.3 Å². The van der Waals surface area contributed by atoms with Crippen molar-refractivity contribution in [2.75, 3.05) is 18.6 Å². The van der Waals surface area contributed by atoms with Crippen molar-refractivity contribution < 1.29 is 18.3 Å². The summed E-state index contributed by atoms with van der Waals surface area (Å²) < 4.78 is 26.3. The molecule has 0 heterocycles. The number of carboxylic acids is 1. The van der Waals surface area contributed by atoms with E-state index in [4.69, 9.17) is 28.3 Å². The molecule has 0 spiro atoms. The first-order valence-corrected chi connectivity index (χ1v) is 8.64. The molecule has 0 fully saturated rings. The Bertz CT molecular complexity index is 589. The zero-order valence-corrected chi connectivity index (χ0v) is 13.0. The van der Waals surface area contributed by atoms with E-state index in [0.717, 1.165) is 12.1 Å². The molecule has 1 aromatic rings. The number of carboxylic acid groups (broad SMARTS) is 1. The van der Waals surface area contributed by atoms with Crippen molar-refractivity contribution >= 4 is 51.0 Å². The van der Waals surface area contributed by atoms with Crippen LogP contribution in [0.2, 0.25) is 10.0 Å². The normalized spacial score (nSPS) is 11.5. The molecule has 106 valence electrons. The minimum atomic E-state index is -3.85. The molecule has 2 N–H and O–H groups in total. The Morgan fingerprint density at radius 2 is 2.00 bits per heavy atom. The number of sulfonamides is 1. The summed E-state index contributed by atoms with van der Waals surface area (Å²) >= 11 is 13.0. The number of nitrogens with one attached hydrogen (secondary N) is 1. The van der Waals surface area contributed by atoms with E-state index in [1.807, 2.05) is 6.26 Å². The molecule has 0 unspecified atom stereocenters. The van der Waals surface area contributed by atoms with E-state index >= 15 is 0 Å². The minimum Gasteiger partial charge on any atom is -0.478 e. The molecule has 0 bridgehead atoms. The Morgan fingerprint density at radius 1 is 1.37 bits per heavy atom. The number of aromatic carboxylic acids is 1. The number of halogens is 2. The number of carbonyl (C=O) groups is 1. The summed E-state index contributed by atoms with van der Waals surface area (Å²) in [6.07, 6.45) is 1.84. The van der Waals surface area contributed by atoms with Gasteiger partial charge in [0.05, 0.1) is 15.6 Å². The maximum absolute atomic E-state index is 12.0. The number of hydrogen-bond donors (Lipinski definition) is 2. The molecule has 0 saturated carbocycles. The molecule has 1 aromatic carbocycles. The molecule has 0 aliphatic heterocycles. The van der Waals surface area contributed by atoms with Crippen LogP contribution in [0.5, 0.6) is 0 Å². The van der Waals surface area contributed by atoms with Gasteiger partial charge in [-0.15, -0.1) is 0 Å². The highest BCUT2D eigenvalue weighted by atomic mass is 35.5. The largest absolute Gasteiger partial charge is 0.478 e. The quantitative estimate of drug-likeness (QED) is 0.774. The summed E-state index contributed by atoms with van der Waals surface area (Å²) in [5.41, 5.74) is -0.309. The highest BCUT2D eigenvalue weighted by molar-refractivity contribution is 7.98. The first-order valence-electron chi connectivity index (χ1n) is 5.00. The fraction of sp³-hybridized carbons (Fsp3) is 0.300. The monoisotopic (exact) mass is 343 g/mol. The Hall–Kier alpha value is -0.470. The lowest BCUT2D eigenvalue weighted by atomic mass is 10.2. The third kappa shape index (κ3) is 4.25. The summed E-state index contributed by atoms with van der Waals surface area (Å²) in [4.78, 5) is 10.6. The van der Waals surface area contributed by atoms with Crippen molar-refractivity contribution in [3.63, 3.8) is 0 Å². The van der Waals surface area contributed by atoms with Crippen molar-refractivity contribution in [1.29, 1.82) is 0 Å². The second-order valence-corrected chi connectivity index (χ2v) is 6.99. The predicted octanol–water partition coefficient (Wildman–Crippen LogP) is 2.33. The Balaban J connectivity index is 3.19. The minimum absolute atomic E-state index is 0.111. The van der Waals surface area contributed by atoms with Gasteiger partial charge in [0.2, 0.25) is 10.0 Å². The van der Waals surface area contributed by atoms with Gasteiger partial charge in [0.25, 0.3) is 0 Å². The van der Waals surface area contributed by atoms with Crippen LogP contribution in [-0.4, -0.2) is 38.0 Å². The molecule has 1 rings (SSSR count). The Labute approximate surface area is 125 Å². The van der Waals surface area contributed by atoms with Gasteiger partial charge in [-0.3, -0.25) is 0 Å². The van der Waals surface area contributed by atoms with Crippen LogP contribution >= 0.6 is 35.0 Å². The lowest BCUT2D eigenvalue weighted by molar-refractivity contribution is 0.0697. The lowest BCUT2D eigenvalue weighted by Gasteiger charge is -2.09. The van der Waals surface area contributed by atoms with Crippen LogP contribution in [-0.2, 0) is 10.0 Å². The summed E-state index contributed by atoms with van der Waals surface area (Å²) in [6, 6.07) is 2.06. The lowest BCUT2D eigenvalue weighted by Crippen LogP contribution is -2.26. The molecule has 19 heavy (non-hydrogen) atoms. The SMILES string of the molecule is CSCCNS(=O)(=O)c1cc(C(=O)O)c(Cl)cc1Cl. The average Bonchev–Trinajstić information content (AvgIpc) is 2.28. The van der Waals surface area contributed by atoms with E-state index in [2.05, 4.69) is 4.72 Å². The van der Waals surface area contributed by atoms with Gasteiger partial charge in [-0.05, 0) is 18.4 Å². The van der Waals surface area contributed by atoms with Crippen molar-refractivity contribution in [3.05, 3.63) is 27.7 Å². The van der Waals surface area contributed by atoms with Crippen molar-refractivity contribution in [2.45, 2.75) is 4.90 Å². The van der Waals surface area contributed by atoms with Gasteiger partial charge >= 0.3 is 5.97 Å². The van der Waals surface area contributed by atoms with Crippen LogP contribution < -0.4 is 4.72 Å². The molecule has 9 heteroatoms. The van der Waals surface area contributed by atoms with E-state index in [1.54, 1.807) is 0 Å². The summed E-state index contributed by atoms with van der Waals surface area (Å²) in [5, 5.41) is 8.69. The second kappa shape index (κ2) is 6.81. The Morgan fingerprint density at radius 3 is 2.53 bits per heavy atom. The molecule has 0 atom stereocenters. The van der Waals surface area contributed by atoms with E-state index in [1.165, 1.54) is 11.8 Å². The topological polar surface area (TPSA) is 83.5 Å². The maximum atomic E-state index is 12.0. The van der Waals surface area contributed by atoms with Crippen LogP contribution in [0, 0.1) is 0 Å². The predicted molar refractivity (Wildman–Crippen MR) is 77.0 cm³/mol. The van der Waals surface area contributed by atoms with Crippen LogP contribution in [0.4, 0.5) is 0 Å². The smallest absolute Gasteiger partial charge is 0.337 e. The number of hydrogen-bond acceptors (Lipinski definition) is 4. The van der Waals surface area contributed by atoms with Crippen molar-refractivity contribution in [3.8, 4) is 0 Å².